The van der Waals surface area contributed by atoms with Crippen molar-refractivity contribution < 1.29 is 19.3 Å². The van der Waals surface area contributed by atoms with Crippen LogP contribution in [0.5, 0.6) is 11.5 Å². The summed E-state index contributed by atoms with van der Waals surface area (Å²) in [6.45, 7) is 6.75. The molecule has 1 aliphatic rings. The molecular formula is C16H25NO4. The number of aliphatic hydroxyl groups is 1. The highest BCUT2D eigenvalue weighted by atomic mass is 16.6. The Balaban J connectivity index is 2.06. The fourth-order valence-electron chi connectivity index (χ4n) is 2.86. The summed E-state index contributed by atoms with van der Waals surface area (Å²) in [6.07, 6.45) is 0.120. The van der Waals surface area contributed by atoms with Crippen molar-refractivity contribution in [3.63, 3.8) is 0 Å². The van der Waals surface area contributed by atoms with Crippen LogP contribution in [0.1, 0.15) is 26.3 Å². The van der Waals surface area contributed by atoms with Gasteiger partial charge in [0.05, 0.1) is 20.3 Å². The van der Waals surface area contributed by atoms with Gasteiger partial charge in [-0.3, -0.25) is 4.90 Å². The van der Waals surface area contributed by atoms with Crippen molar-refractivity contribution in [1.82, 2.24) is 4.90 Å². The summed E-state index contributed by atoms with van der Waals surface area (Å²) < 4.78 is 16.1. The van der Waals surface area contributed by atoms with Gasteiger partial charge in [0.15, 0.2) is 17.8 Å². The molecule has 1 N–H and O–H groups in total. The zero-order valence-electron chi connectivity index (χ0n) is 13.4. The van der Waals surface area contributed by atoms with Crippen molar-refractivity contribution in [1.29, 1.82) is 0 Å². The third-order valence-corrected chi connectivity index (χ3v) is 4.09. The van der Waals surface area contributed by atoms with E-state index in [-0.39, 0.29) is 6.04 Å². The summed E-state index contributed by atoms with van der Waals surface area (Å²) in [6, 6.07) is 5.93. The van der Waals surface area contributed by atoms with Gasteiger partial charge in [0.1, 0.15) is 5.72 Å². The van der Waals surface area contributed by atoms with Gasteiger partial charge in [0.2, 0.25) is 0 Å². The quantitative estimate of drug-likeness (QED) is 0.900. The third-order valence-electron chi connectivity index (χ3n) is 4.09. The molecule has 1 aromatic carbocycles. The van der Waals surface area contributed by atoms with E-state index in [1.165, 1.54) is 0 Å². The minimum absolute atomic E-state index is 0.0138. The lowest BCUT2D eigenvalue weighted by Crippen LogP contribution is -2.44. The summed E-state index contributed by atoms with van der Waals surface area (Å²) in [5.41, 5.74) is 0.715. The second-order valence-electron chi connectivity index (χ2n) is 5.83. The summed E-state index contributed by atoms with van der Waals surface area (Å²) in [5, 5.41) is 9.85. The van der Waals surface area contributed by atoms with Crippen LogP contribution in [0.25, 0.3) is 0 Å². The average molecular weight is 295 g/mol. The molecule has 5 nitrogen and oxygen atoms in total. The zero-order chi connectivity index (χ0) is 15.6. The number of benzene rings is 1. The normalized spacial score (nSPS) is 25.0. The van der Waals surface area contributed by atoms with Crippen LogP contribution in [0, 0.1) is 0 Å². The Morgan fingerprint density at radius 3 is 2.43 bits per heavy atom. The summed E-state index contributed by atoms with van der Waals surface area (Å²) >= 11 is 0. The van der Waals surface area contributed by atoms with Gasteiger partial charge in [0.25, 0.3) is 0 Å². The summed E-state index contributed by atoms with van der Waals surface area (Å²) in [4.78, 5) is 2.17. The highest BCUT2D eigenvalue weighted by Gasteiger charge is 2.43. The second kappa shape index (κ2) is 6.22. The molecule has 0 radical (unpaired) electrons. The number of rotatable bonds is 5. The first-order chi connectivity index (χ1) is 9.89. The highest BCUT2D eigenvalue weighted by molar-refractivity contribution is 5.42. The van der Waals surface area contributed by atoms with Gasteiger partial charge in [-0.15, -0.1) is 0 Å². The van der Waals surface area contributed by atoms with Crippen molar-refractivity contribution in [3.05, 3.63) is 23.8 Å². The predicted molar refractivity (Wildman–Crippen MR) is 80.6 cm³/mol. The zero-order valence-corrected chi connectivity index (χ0v) is 13.4. The molecule has 1 fully saturated rings. The van der Waals surface area contributed by atoms with Crippen LogP contribution in [-0.2, 0) is 11.2 Å². The molecule has 0 amide bonds. The molecule has 118 valence electrons. The second-order valence-corrected chi connectivity index (χ2v) is 5.83. The van der Waals surface area contributed by atoms with E-state index in [2.05, 4.69) is 4.90 Å². The number of nitrogens with zero attached hydrogens (tertiary/aromatic N) is 1. The van der Waals surface area contributed by atoms with Crippen LogP contribution < -0.4 is 9.47 Å². The fourth-order valence-corrected chi connectivity index (χ4v) is 2.86. The Morgan fingerprint density at radius 2 is 1.90 bits per heavy atom. The highest BCUT2D eigenvalue weighted by Crippen LogP contribution is 2.32. The standard InChI is InChI=1S/C16H25NO4/c1-11-15(18)21-16(2,3)17(11)9-8-12-6-7-13(19-4)14(10-12)20-5/h6-7,10-11,15,18H,8-9H2,1-5H3. The molecular weight excluding hydrogens is 270 g/mol. The maximum atomic E-state index is 9.85. The molecule has 0 spiro atoms. The Labute approximate surface area is 126 Å². The molecule has 1 aromatic rings. The largest absolute Gasteiger partial charge is 0.493 e. The van der Waals surface area contributed by atoms with Crippen LogP contribution >= 0.6 is 0 Å². The van der Waals surface area contributed by atoms with Gasteiger partial charge >= 0.3 is 0 Å². The van der Waals surface area contributed by atoms with Crippen LogP contribution in [0.3, 0.4) is 0 Å². The van der Waals surface area contributed by atoms with E-state index in [0.717, 1.165) is 30.0 Å². The molecule has 1 saturated heterocycles. The first kappa shape index (κ1) is 16.1. The monoisotopic (exact) mass is 295 g/mol. The van der Waals surface area contributed by atoms with Gasteiger partial charge in [-0.1, -0.05) is 6.07 Å². The Kier molecular flexibility index (Phi) is 4.76. The molecule has 1 heterocycles. The van der Waals surface area contributed by atoms with Crippen LogP contribution in [0.2, 0.25) is 0 Å². The number of methoxy groups -OCH3 is 2. The van der Waals surface area contributed by atoms with E-state index < -0.39 is 12.0 Å². The lowest BCUT2D eigenvalue weighted by atomic mass is 10.1. The number of aliphatic hydroxyl groups excluding tert-OH is 1. The molecule has 5 heteroatoms. The van der Waals surface area contributed by atoms with E-state index >= 15 is 0 Å². The topological polar surface area (TPSA) is 51.2 Å². The smallest absolute Gasteiger partial charge is 0.172 e. The van der Waals surface area contributed by atoms with Gasteiger partial charge in [-0.2, -0.15) is 0 Å². The molecule has 2 atom stereocenters. The van der Waals surface area contributed by atoms with Gasteiger partial charge in [0, 0.05) is 6.54 Å². The van der Waals surface area contributed by atoms with Crippen LogP contribution in [0.15, 0.2) is 18.2 Å². The minimum atomic E-state index is -0.731. The number of hydrogen-bond acceptors (Lipinski definition) is 5. The number of hydrogen-bond donors (Lipinski definition) is 1. The minimum Gasteiger partial charge on any atom is -0.493 e. The van der Waals surface area contributed by atoms with Gasteiger partial charge in [-0.05, 0) is 44.9 Å². The molecule has 0 saturated carbocycles. The van der Waals surface area contributed by atoms with Crippen LogP contribution in [0.4, 0.5) is 0 Å². The molecule has 0 aromatic heterocycles. The predicted octanol–water partition coefficient (Wildman–Crippen LogP) is 2.02. The Morgan fingerprint density at radius 1 is 1.24 bits per heavy atom. The first-order valence-corrected chi connectivity index (χ1v) is 7.22. The van der Waals surface area contributed by atoms with E-state index in [1.807, 2.05) is 39.0 Å². The van der Waals surface area contributed by atoms with E-state index in [9.17, 15) is 5.11 Å². The summed E-state index contributed by atoms with van der Waals surface area (Å²) in [7, 11) is 3.27. The Hall–Kier alpha value is -1.30. The van der Waals surface area contributed by atoms with E-state index in [1.54, 1.807) is 14.2 Å². The van der Waals surface area contributed by atoms with Crippen molar-refractivity contribution in [2.24, 2.45) is 0 Å². The summed E-state index contributed by atoms with van der Waals surface area (Å²) in [5.74, 6) is 1.47. The van der Waals surface area contributed by atoms with Crippen LogP contribution in [-0.4, -0.2) is 48.8 Å². The van der Waals surface area contributed by atoms with Crippen molar-refractivity contribution in [2.75, 3.05) is 20.8 Å². The fraction of sp³-hybridized carbons (Fsp3) is 0.625. The van der Waals surface area contributed by atoms with E-state index in [0.29, 0.717) is 0 Å². The van der Waals surface area contributed by atoms with Crippen molar-refractivity contribution in [3.8, 4) is 11.5 Å². The SMILES string of the molecule is COc1ccc(CCN2C(C)C(O)OC2(C)C)cc1OC. The molecule has 0 aliphatic carbocycles. The lowest BCUT2D eigenvalue weighted by molar-refractivity contribution is -0.143. The van der Waals surface area contributed by atoms with Gasteiger partial charge in [-0.25, -0.2) is 0 Å². The van der Waals surface area contributed by atoms with Crippen molar-refractivity contribution in [2.45, 2.75) is 45.2 Å². The maximum absolute atomic E-state index is 9.85. The lowest BCUT2D eigenvalue weighted by Gasteiger charge is -2.31. The first-order valence-electron chi connectivity index (χ1n) is 7.22. The molecule has 1 aliphatic heterocycles. The molecule has 0 bridgehead atoms. The number of ether oxygens (including phenoxy) is 3. The van der Waals surface area contributed by atoms with Gasteiger partial charge < -0.3 is 19.3 Å². The average Bonchev–Trinajstić information content (AvgIpc) is 2.65. The maximum Gasteiger partial charge on any atom is 0.172 e. The van der Waals surface area contributed by atoms with E-state index in [4.69, 9.17) is 14.2 Å². The molecule has 2 unspecified atom stereocenters. The van der Waals surface area contributed by atoms with Crippen molar-refractivity contribution >= 4 is 0 Å². The molecule has 2 rings (SSSR count). The molecule has 21 heavy (non-hydrogen) atoms. The third kappa shape index (κ3) is 3.31. The Bertz CT molecular complexity index is 489.